The van der Waals surface area contributed by atoms with Crippen LogP contribution < -0.4 is 5.32 Å². The molecule has 1 aromatic heterocycles. The van der Waals surface area contributed by atoms with E-state index < -0.39 is 11.6 Å². The fourth-order valence-electron chi connectivity index (χ4n) is 1.77. The first-order valence-electron chi connectivity index (χ1n) is 6.61. The normalized spacial score (nSPS) is 11.0. The van der Waals surface area contributed by atoms with Crippen LogP contribution in [0.1, 0.15) is 31.2 Å². The summed E-state index contributed by atoms with van der Waals surface area (Å²) in [6.45, 7) is 5.92. The van der Waals surface area contributed by atoms with Gasteiger partial charge in [0.15, 0.2) is 11.6 Å². The Morgan fingerprint density at radius 3 is 2.43 bits per heavy atom. The molecular weight excluding hydrogens is 292 g/mol. The lowest BCUT2D eigenvalue weighted by atomic mass is 10.2. The molecule has 3 nitrogen and oxygen atoms in total. The third-order valence-corrected chi connectivity index (χ3v) is 4.06. The number of aromatic nitrogens is 2. The monoisotopic (exact) mass is 309 g/mol. The van der Waals surface area contributed by atoms with E-state index in [-0.39, 0.29) is 5.92 Å². The van der Waals surface area contributed by atoms with E-state index in [2.05, 4.69) is 15.3 Å². The smallest absolute Gasteiger partial charge is 0.159 e. The van der Waals surface area contributed by atoms with Gasteiger partial charge in [0.1, 0.15) is 16.7 Å². The predicted octanol–water partition coefficient (Wildman–Crippen LogP) is 4.38. The highest BCUT2D eigenvalue weighted by Gasteiger charge is 2.14. The maximum absolute atomic E-state index is 13.3. The molecule has 0 spiro atoms. The first-order chi connectivity index (χ1) is 9.92. The van der Waals surface area contributed by atoms with Crippen LogP contribution >= 0.6 is 11.8 Å². The van der Waals surface area contributed by atoms with E-state index in [4.69, 9.17) is 0 Å². The topological polar surface area (TPSA) is 37.8 Å². The van der Waals surface area contributed by atoms with Crippen LogP contribution in [0.25, 0.3) is 0 Å². The van der Waals surface area contributed by atoms with E-state index in [0.29, 0.717) is 4.90 Å². The third-order valence-electron chi connectivity index (χ3n) is 2.98. The van der Waals surface area contributed by atoms with E-state index in [9.17, 15) is 8.78 Å². The van der Waals surface area contributed by atoms with Gasteiger partial charge < -0.3 is 5.32 Å². The molecule has 0 atom stereocenters. The summed E-state index contributed by atoms with van der Waals surface area (Å²) in [5.41, 5.74) is 0.886. The number of rotatable bonds is 4. The zero-order valence-corrected chi connectivity index (χ0v) is 13.2. The van der Waals surface area contributed by atoms with E-state index >= 15 is 0 Å². The van der Waals surface area contributed by atoms with Crippen LogP contribution in [0.2, 0.25) is 0 Å². The van der Waals surface area contributed by atoms with Crippen LogP contribution in [0.4, 0.5) is 14.6 Å². The SMILES string of the molecule is CNc1nc(C(C)C)nc(Sc2ccc(F)c(F)c2)c1C. The third kappa shape index (κ3) is 3.50. The van der Waals surface area contributed by atoms with Crippen LogP contribution in [-0.2, 0) is 0 Å². The molecule has 0 unspecified atom stereocenters. The molecule has 0 amide bonds. The Morgan fingerprint density at radius 1 is 1.14 bits per heavy atom. The van der Waals surface area contributed by atoms with Crippen molar-refractivity contribution in [3.8, 4) is 0 Å². The Hall–Kier alpha value is -1.69. The minimum Gasteiger partial charge on any atom is -0.373 e. The molecule has 2 rings (SSSR count). The minimum atomic E-state index is -0.857. The fraction of sp³-hybridized carbons (Fsp3) is 0.333. The van der Waals surface area contributed by atoms with Gasteiger partial charge >= 0.3 is 0 Å². The van der Waals surface area contributed by atoms with Gasteiger partial charge in [-0.3, -0.25) is 0 Å². The zero-order valence-electron chi connectivity index (χ0n) is 12.4. The van der Waals surface area contributed by atoms with Crippen molar-refractivity contribution in [2.45, 2.75) is 36.6 Å². The van der Waals surface area contributed by atoms with Crippen molar-refractivity contribution in [1.82, 2.24) is 9.97 Å². The molecule has 0 saturated carbocycles. The van der Waals surface area contributed by atoms with Crippen molar-refractivity contribution in [3.05, 3.63) is 41.2 Å². The standard InChI is InChI=1S/C15H17F2N3S/c1-8(2)13-19-14(18-4)9(3)15(20-13)21-10-5-6-11(16)12(17)7-10/h5-8H,1-4H3,(H,18,19,20). The summed E-state index contributed by atoms with van der Waals surface area (Å²) in [4.78, 5) is 9.58. The number of hydrogen-bond acceptors (Lipinski definition) is 4. The molecule has 0 fully saturated rings. The molecule has 0 radical (unpaired) electrons. The molecule has 2 aromatic rings. The molecular formula is C15H17F2N3S. The van der Waals surface area contributed by atoms with Gasteiger partial charge in [-0.25, -0.2) is 18.7 Å². The van der Waals surface area contributed by atoms with Crippen LogP contribution in [-0.4, -0.2) is 17.0 Å². The Morgan fingerprint density at radius 2 is 1.86 bits per heavy atom. The maximum atomic E-state index is 13.3. The van der Waals surface area contributed by atoms with Gasteiger partial charge in [-0.2, -0.15) is 0 Å². The van der Waals surface area contributed by atoms with E-state index in [1.165, 1.54) is 17.8 Å². The van der Waals surface area contributed by atoms with Crippen molar-refractivity contribution < 1.29 is 8.78 Å². The summed E-state index contributed by atoms with van der Waals surface area (Å²) in [6, 6.07) is 3.84. The number of benzene rings is 1. The summed E-state index contributed by atoms with van der Waals surface area (Å²) < 4.78 is 26.3. The summed E-state index contributed by atoms with van der Waals surface area (Å²) in [5.74, 6) is -0.0574. The average molecular weight is 309 g/mol. The molecule has 1 N–H and O–H groups in total. The summed E-state index contributed by atoms with van der Waals surface area (Å²) in [5, 5.41) is 3.78. The molecule has 112 valence electrons. The molecule has 0 aliphatic heterocycles. The van der Waals surface area contributed by atoms with E-state index in [1.807, 2.05) is 20.8 Å². The molecule has 0 saturated heterocycles. The molecule has 0 aliphatic carbocycles. The van der Waals surface area contributed by atoms with Crippen molar-refractivity contribution in [2.24, 2.45) is 0 Å². The van der Waals surface area contributed by atoms with Gasteiger partial charge in [-0.1, -0.05) is 25.6 Å². The Kier molecular flexibility index (Phi) is 4.77. The minimum absolute atomic E-state index is 0.182. The Balaban J connectivity index is 2.42. The molecule has 1 heterocycles. The second kappa shape index (κ2) is 6.39. The maximum Gasteiger partial charge on any atom is 0.159 e. The molecule has 6 heteroatoms. The van der Waals surface area contributed by atoms with Gasteiger partial charge in [0, 0.05) is 23.4 Å². The quantitative estimate of drug-likeness (QED) is 0.851. The van der Waals surface area contributed by atoms with Crippen molar-refractivity contribution >= 4 is 17.6 Å². The second-order valence-electron chi connectivity index (χ2n) is 4.94. The predicted molar refractivity (Wildman–Crippen MR) is 80.9 cm³/mol. The summed E-state index contributed by atoms with van der Waals surface area (Å²) in [6.07, 6.45) is 0. The summed E-state index contributed by atoms with van der Waals surface area (Å²) in [7, 11) is 1.80. The van der Waals surface area contributed by atoms with Crippen LogP contribution in [0.3, 0.4) is 0 Å². The van der Waals surface area contributed by atoms with Crippen molar-refractivity contribution in [3.63, 3.8) is 0 Å². The summed E-state index contributed by atoms with van der Waals surface area (Å²) >= 11 is 1.30. The zero-order chi connectivity index (χ0) is 15.6. The van der Waals surface area contributed by atoms with Gasteiger partial charge in [0.25, 0.3) is 0 Å². The van der Waals surface area contributed by atoms with Crippen LogP contribution in [0.15, 0.2) is 28.1 Å². The Labute approximate surface area is 127 Å². The number of nitrogens with one attached hydrogen (secondary N) is 1. The number of nitrogens with zero attached hydrogens (tertiary/aromatic N) is 2. The highest BCUT2D eigenvalue weighted by molar-refractivity contribution is 7.99. The van der Waals surface area contributed by atoms with E-state index in [1.54, 1.807) is 13.1 Å². The highest BCUT2D eigenvalue weighted by Crippen LogP contribution is 2.32. The molecule has 21 heavy (non-hydrogen) atoms. The van der Waals surface area contributed by atoms with Crippen LogP contribution in [0.5, 0.6) is 0 Å². The lowest BCUT2D eigenvalue weighted by Gasteiger charge is -2.13. The molecule has 0 bridgehead atoms. The lowest BCUT2D eigenvalue weighted by Crippen LogP contribution is -2.06. The number of hydrogen-bond donors (Lipinski definition) is 1. The number of halogens is 2. The average Bonchev–Trinajstić information content (AvgIpc) is 2.44. The lowest BCUT2D eigenvalue weighted by molar-refractivity contribution is 0.506. The van der Waals surface area contributed by atoms with Gasteiger partial charge in [0.2, 0.25) is 0 Å². The van der Waals surface area contributed by atoms with Crippen LogP contribution in [0, 0.1) is 18.6 Å². The second-order valence-corrected chi connectivity index (χ2v) is 6.01. The van der Waals surface area contributed by atoms with Gasteiger partial charge in [-0.05, 0) is 25.1 Å². The van der Waals surface area contributed by atoms with Crippen molar-refractivity contribution in [2.75, 3.05) is 12.4 Å². The van der Waals surface area contributed by atoms with Crippen molar-refractivity contribution in [1.29, 1.82) is 0 Å². The fourth-order valence-corrected chi connectivity index (χ4v) is 2.68. The molecule has 0 aliphatic rings. The number of anilines is 1. The van der Waals surface area contributed by atoms with Gasteiger partial charge in [0.05, 0.1) is 0 Å². The largest absolute Gasteiger partial charge is 0.373 e. The highest BCUT2D eigenvalue weighted by atomic mass is 32.2. The van der Waals surface area contributed by atoms with Gasteiger partial charge in [-0.15, -0.1) is 0 Å². The molecule has 1 aromatic carbocycles. The first-order valence-corrected chi connectivity index (χ1v) is 7.43. The first kappa shape index (κ1) is 15.7. The Bertz CT molecular complexity index is 660. The van der Waals surface area contributed by atoms with E-state index in [0.717, 1.165) is 28.3 Å².